The van der Waals surface area contributed by atoms with Gasteiger partial charge in [0.15, 0.2) is 5.79 Å². The van der Waals surface area contributed by atoms with E-state index in [4.69, 9.17) is 14.2 Å². The van der Waals surface area contributed by atoms with E-state index in [2.05, 4.69) is 4.98 Å². The quantitative estimate of drug-likeness (QED) is 0.666. The minimum atomic E-state index is -0.490. The van der Waals surface area contributed by atoms with Gasteiger partial charge in [-0.2, -0.15) is 0 Å². The molecule has 0 amide bonds. The predicted octanol–water partition coefficient (Wildman–Crippen LogP) is 1.76. The highest BCUT2D eigenvalue weighted by Crippen LogP contribution is 2.50. The third kappa shape index (κ3) is 1.55. The van der Waals surface area contributed by atoms with E-state index >= 15 is 0 Å². The zero-order chi connectivity index (χ0) is 12.9. The van der Waals surface area contributed by atoms with Crippen LogP contribution in [0.3, 0.4) is 0 Å². The fraction of sp³-hybridized carbons (Fsp3) is 0.571. The summed E-state index contributed by atoms with van der Waals surface area (Å²) in [6.07, 6.45) is 6.34. The normalized spacial score (nSPS) is 26.6. The molecule has 5 nitrogen and oxygen atoms in total. The van der Waals surface area contributed by atoms with Crippen LogP contribution in [0.5, 0.6) is 0 Å². The Labute approximate surface area is 110 Å². The van der Waals surface area contributed by atoms with Crippen LogP contribution in [-0.2, 0) is 19.8 Å². The molecular formula is C14H15NO4. The highest BCUT2D eigenvalue weighted by molar-refractivity contribution is 5.94. The number of carbonyl (C=O) groups is 1. The van der Waals surface area contributed by atoms with E-state index in [9.17, 15) is 4.79 Å². The minimum Gasteiger partial charge on any atom is -0.450 e. The molecular weight excluding hydrogens is 246 g/mol. The molecule has 3 aliphatic rings. The fourth-order valence-corrected chi connectivity index (χ4v) is 3.43. The van der Waals surface area contributed by atoms with Crippen molar-refractivity contribution in [3.8, 4) is 0 Å². The summed E-state index contributed by atoms with van der Waals surface area (Å²) >= 11 is 0. The van der Waals surface area contributed by atoms with Crippen LogP contribution < -0.4 is 0 Å². The average molecular weight is 261 g/mol. The Morgan fingerprint density at radius 3 is 2.58 bits per heavy atom. The summed E-state index contributed by atoms with van der Waals surface area (Å²) in [5.41, 5.74) is 1.09. The van der Waals surface area contributed by atoms with Crippen molar-refractivity contribution in [2.45, 2.75) is 37.1 Å². The Hall–Kier alpha value is -1.46. The highest BCUT2D eigenvalue weighted by Gasteiger charge is 2.53. The lowest BCUT2D eigenvalue weighted by atomic mass is 9.77. The van der Waals surface area contributed by atoms with E-state index in [0.717, 1.165) is 31.2 Å². The van der Waals surface area contributed by atoms with Crippen LogP contribution in [0, 0.1) is 0 Å². The van der Waals surface area contributed by atoms with Gasteiger partial charge in [-0.1, -0.05) is 0 Å². The lowest BCUT2D eigenvalue weighted by molar-refractivity contribution is -0.202. The maximum absolute atomic E-state index is 11.9. The van der Waals surface area contributed by atoms with Gasteiger partial charge in [-0.25, -0.2) is 4.79 Å². The molecule has 1 aliphatic carbocycles. The summed E-state index contributed by atoms with van der Waals surface area (Å²) in [4.78, 5) is 15.9. The van der Waals surface area contributed by atoms with E-state index in [1.54, 1.807) is 12.4 Å². The number of pyridine rings is 1. The van der Waals surface area contributed by atoms with E-state index in [1.165, 1.54) is 0 Å². The maximum Gasteiger partial charge on any atom is 0.341 e. The molecule has 100 valence electrons. The third-order valence-electron chi connectivity index (χ3n) is 4.45. The molecule has 19 heavy (non-hydrogen) atoms. The molecule has 0 aromatic carbocycles. The van der Waals surface area contributed by atoms with Crippen LogP contribution in [0.2, 0.25) is 0 Å². The number of hydrogen-bond acceptors (Lipinski definition) is 5. The predicted molar refractivity (Wildman–Crippen MR) is 64.4 cm³/mol. The molecule has 0 radical (unpaired) electrons. The van der Waals surface area contributed by atoms with E-state index in [-0.39, 0.29) is 5.97 Å². The first kappa shape index (κ1) is 11.4. The summed E-state index contributed by atoms with van der Waals surface area (Å²) in [5, 5.41) is 0. The van der Waals surface area contributed by atoms with Crippen molar-refractivity contribution in [1.29, 1.82) is 0 Å². The lowest BCUT2D eigenvalue weighted by Gasteiger charge is -2.40. The Kier molecular flexibility index (Phi) is 2.26. The zero-order valence-corrected chi connectivity index (χ0v) is 10.6. The van der Waals surface area contributed by atoms with Gasteiger partial charge in [0.05, 0.1) is 18.8 Å². The van der Waals surface area contributed by atoms with Gasteiger partial charge in [0.1, 0.15) is 5.60 Å². The molecule has 0 unspecified atom stereocenters. The number of hydrogen-bond donors (Lipinski definition) is 0. The van der Waals surface area contributed by atoms with E-state index in [0.29, 0.717) is 18.8 Å². The van der Waals surface area contributed by atoms with Crippen molar-refractivity contribution in [2.75, 3.05) is 13.2 Å². The Bertz CT molecular complexity index is 526. The van der Waals surface area contributed by atoms with Crippen LogP contribution in [0.1, 0.15) is 41.6 Å². The van der Waals surface area contributed by atoms with Gasteiger partial charge in [-0.15, -0.1) is 0 Å². The molecule has 1 aromatic heterocycles. The SMILES string of the molecule is O=C1OC2(CCC3(CC2)OCCO3)c2ccncc21. The Balaban J connectivity index is 1.65. The van der Waals surface area contributed by atoms with Gasteiger partial charge >= 0.3 is 5.97 Å². The molecule has 1 saturated heterocycles. The topological polar surface area (TPSA) is 57.7 Å². The first-order valence-electron chi connectivity index (χ1n) is 6.69. The second-order valence-electron chi connectivity index (χ2n) is 5.41. The first-order chi connectivity index (χ1) is 9.23. The van der Waals surface area contributed by atoms with Crippen LogP contribution in [0.25, 0.3) is 0 Å². The summed E-state index contributed by atoms with van der Waals surface area (Å²) in [7, 11) is 0. The molecule has 2 spiro atoms. The molecule has 2 fully saturated rings. The van der Waals surface area contributed by atoms with Crippen molar-refractivity contribution in [2.24, 2.45) is 0 Å². The standard InChI is InChI=1S/C14H15NO4/c16-12-10-9-15-6-1-11(10)13(19-12)2-4-14(5-3-13)17-7-8-18-14/h1,6,9H,2-5,7-8H2. The summed E-state index contributed by atoms with van der Waals surface area (Å²) in [5.74, 6) is -0.694. The smallest absolute Gasteiger partial charge is 0.341 e. The van der Waals surface area contributed by atoms with Gasteiger partial charge in [-0.05, 0) is 18.9 Å². The number of esters is 1. The largest absolute Gasteiger partial charge is 0.450 e. The highest BCUT2D eigenvalue weighted by atomic mass is 16.7. The number of carbonyl (C=O) groups excluding carboxylic acids is 1. The number of rotatable bonds is 0. The number of nitrogens with zero attached hydrogens (tertiary/aromatic N) is 1. The summed E-state index contributed by atoms with van der Waals surface area (Å²) in [6.45, 7) is 1.32. The molecule has 1 saturated carbocycles. The van der Waals surface area contributed by atoms with Gasteiger partial charge in [0.2, 0.25) is 0 Å². The number of aromatic nitrogens is 1. The van der Waals surface area contributed by atoms with Crippen molar-refractivity contribution in [3.63, 3.8) is 0 Å². The number of fused-ring (bicyclic) bond motifs is 2. The van der Waals surface area contributed by atoms with Gasteiger partial charge in [0.25, 0.3) is 0 Å². The maximum atomic E-state index is 11.9. The fourth-order valence-electron chi connectivity index (χ4n) is 3.43. The molecule has 0 bridgehead atoms. The second kappa shape index (κ2) is 3.77. The molecule has 2 aliphatic heterocycles. The molecule has 0 atom stereocenters. The van der Waals surface area contributed by atoms with Gasteiger partial charge in [0, 0.05) is 30.8 Å². The van der Waals surface area contributed by atoms with Crippen LogP contribution in [0.15, 0.2) is 18.5 Å². The summed E-state index contributed by atoms with van der Waals surface area (Å²) in [6, 6.07) is 1.90. The number of ether oxygens (including phenoxy) is 3. The monoisotopic (exact) mass is 261 g/mol. The van der Waals surface area contributed by atoms with Crippen molar-refractivity contribution in [3.05, 3.63) is 29.6 Å². The summed E-state index contributed by atoms with van der Waals surface area (Å²) < 4.78 is 17.1. The van der Waals surface area contributed by atoms with Gasteiger partial charge in [-0.3, -0.25) is 4.98 Å². The first-order valence-corrected chi connectivity index (χ1v) is 6.69. The van der Waals surface area contributed by atoms with Crippen LogP contribution in [-0.4, -0.2) is 30.0 Å². The Morgan fingerprint density at radius 2 is 1.84 bits per heavy atom. The molecule has 4 rings (SSSR count). The van der Waals surface area contributed by atoms with Gasteiger partial charge < -0.3 is 14.2 Å². The van der Waals surface area contributed by atoms with Crippen molar-refractivity contribution < 1.29 is 19.0 Å². The van der Waals surface area contributed by atoms with Crippen molar-refractivity contribution >= 4 is 5.97 Å². The lowest BCUT2D eigenvalue weighted by Crippen LogP contribution is -2.42. The van der Waals surface area contributed by atoms with E-state index < -0.39 is 11.4 Å². The molecule has 1 aromatic rings. The zero-order valence-electron chi connectivity index (χ0n) is 10.6. The molecule has 3 heterocycles. The minimum absolute atomic E-state index is 0.257. The molecule has 5 heteroatoms. The van der Waals surface area contributed by atoms with Crippen molar-refractivity contribution in [1.82, 2.24) is 4.98 Å². The van der Waals surface area contributed by atoms with E-state index in [1.807, 2.05) is 6.07 Å². The third-order valence-corrected chi connectivity index (χ3v) is 4.45. The second-order valence-corrected chi connectivity index (χ2v) is 5.41. The average Bonchev–Trinajstić information content (AvgIpc) is 3.00. The Morgan fingerprint density at radius 1 is 1.11 bits per heavy atom. The van der Waals surface area contributed by atoms with Crippen LogP contribution >= 0.6 is 0 Å². The molecule has 0 N–H and O–H groups in total. The van der Waals surface area contributed by atoms with Crippen LogP contribution in [0.4, 0.5) is 0 Å².